The van der Waals surface area contributed by atoms with Gasteiger partial charge in [-0.05, 0) is 37.6 Å². The number of anilines is 1. The number of sulfonamides is 1. The first-order chi connectivity index (χ1) is 9.85. The summed E-state index contributed by atoms with van der Waals surface area (Å²) >= 11 is 0. The Kier molecular flexibility index (Phi) is 4.79. The molecule has 0 aliphatic carbocycles. The van der Waals surface area contributed by atoms with E-state index in [-0.39, 0.29) is 23.2 Å². The molecule has 1 aliphatic rings. The molecule has 8 heteroatoms. The third-order valence-corrected chi connectivity index (χ3v) is 3.75. The summed E-state index contributed by atoms with van der Waals surface area (Å²) in [4.78, 5) is 12.1. The highest BCUT2D eigenvalue weighted by molar-refractivity contribution is 7.92. The van der Waals surface area contributed by atoms with Crippen LogP contribution in [0.1, 0.15) is 23.2 Å². The molecule has 1 aliphatic heterocycles. The second-order valence-corrected chi connectivity index (χ2v) is 6.83. The van der Waals surface area contributed by atoms with Gasteiger partial charge in [0, 0.05) is 18.2 Å². The van der Waals surface area contributed by atoms with Crippen LogP contribution < -0.4 is 15.4 Å². The Hall–Kier alpha value is -1.67. The standard InChI is InChI=1S/C13H18FN3O3S/c1-21(19,20)17-12-7-9(4-5-11(12)14)13(18)16-10-3-2-6-15-8-10/h4-5,7,10,15,17H,2-3,6,8H2,1H3,(H,16,18)/t10-/m0/s1. The Morgan fingerprint density at radius 2 is 2.19 bits per heavy atom. The molecule has 0 radical (unpaired) electrons. The Bertz CT molecular complexity index is 628. The molecule has 21 heavy (non-hydrogen) atoms. The largest absolute Gasteiger partial charge is 0.348 e. The number of piperidine rings is 1. The van der Waals surface area contributed by atoms with E-state index in [0.29, 0.717) is 6.54 Å². The van der Waals surface area contributed by atoms with E-state index in [4.69, 9.17) is 0 Å². The summed E-state index contributed by atoms with van der Waals surface area (Å²) in [6.45, 7) is 1.63. The number of amides is 1. The fourth-order valence-electron chi connectivity index (χ4n) is 2.19. The van der Waals surface area contributed by atoms with Crippen molar-refractivity contribution >= 4 is 21.6 Å². The van der Waals surface area contributed by atoms with Gasteiger partial charge in [0.25, 0.3) is 5.91 Å². The van der Waals surface area contributed by atoms with Crippen molar-refractivity contribution in [2.75, 3.05) is 24.1 Å². The number of halogens is 1. The molecule has 0 saturated carbocycles. The number of benzene rings is 1. The molecular formula is C13H18FN3O3S. The molecule has 0 aromatic heterocycles. The number of nitrogens with one attached hydrogen (secondary N) is 3. The third-order valence-electron chi connectivity index (χ3n) is 3.16. The molecule has 1 aromatic carbocycles. The number of carbonyl (C=O) groups excluding carboxylic acids is 1. The van der Waals surface area contributed by atoms with Crippen molar-refractivity contribution < 1.29 is 17.6 Å². The normalized spacial score (nSPS) is 19.0. The van der Waals surface area contributed by atoms with Crippen molar-refractivity contribution in [3.05, 3.63) is 29.6 Å². The van der Waals surface area contributed by atoms with Crippen molar-refractivity contribution in [3.63, 3.8) is 0 Å². The zero-order valence-corrected chi connectivity index (χ0v) is 12.5. The van der Waals surface area contributed by atoms with Crippen LogP contribution in [-0.4, -0.2) is 39.7 Å². The van der Waals surface area contributed by atoms with Crippen LogP contribution in [-0.2, 0) is 10.0 Å². The summed E-state index contributed by atoms with van der Waals surface area (Å²) in [5.41, 5.74) is -0.0138. The molecule has 0 unspecified atom stereocenters. The Labute approximate surface area is 123 Å². The van der Waals surface area contributed by atoms with Gasteiger partial charge in [-0.3, -0.25) is 9.52 Å². The van der Waals surface area contributed by atoms with Crippen LogP contribution in [0.4, 0.5) is 10.1 Å². The number of carbonyl (C=O) groups is 1. The first kappa shape index (κ1) is 15.7. The van der Waals surface area contributed by atoms with Gasteiger partial charge in [-0.2, -0.15) is 0 Å². The van der Waals surface area contributed by atoms with E-state index in [1.807, 2.05) is 0 Å². The summed E-state index contributed by atoms with van der Waals surface area (Å²) in [6, 6.07) is 3.63. The lowest BCUT2D eigenvalue weighted by Gasteiger charge is -2.23. The van der Waals surface area contributed by atoms with Crippen LogP contribution in [0.25, 0.3) is 0 Å². The average Bonchev–Trinajstić information content (AvgIpc) is 2.41. The third kappa shape index (κ3) is 4.68. The predicted molar refractivity (Wildman–Crippen MR) is 78.2 cm³/mol. The highest BCUT2D eigenvalue weighted by atomic mass is 32.2. The lowest BCUT2D eigenvalue weighted by Crippen LogP contribution is -2.45. The maximum Gasteiger partial charge on any atom is 0.251 e. The molecule has 1 atom stereocenters. The van der Waals surface area contributed by atoms with E-state index < -0.39 is 15.8 Å². The molecule has 0 spiro atoms. The quantitative estimate of drug-likeness (QED) is 0.762. The fraction of sp³-hybridized carbons (Fsp3) is 0.462. The van der Waals surface area contributed by atoms with Crippen molar-refractivity contribution in [2.45, 2.75) is 18.9 Å². The monoisotopic (exact) mass is 315 g/mol. The summed E-state index contributed by atoms with van der Waals surface area (Å²) < 4.78 is 37.9. The highest BCUT2D eigenvalue weighted by Gasteiger charge is 2.17. The van der Waals surface area contributed by atoms with Gasteiger partial charge in [0.15, 0.2) is 0 Å². The Morgan fingerprint density at radius 1 is 1.43 bits per heavy atom. The van der Waals surface area contributed by atoms with Gasteiger partial charge in [-0.15, -0.1) is 0 Å². The molecule has 1 amide bonds. The van der Waals surface area contributed by atoms with Crippen LogP contribution >= 0.6 is 0 Å². The minimum Gasteiger partial charge on any atom is -0.348 e. The van der Waals surface area contributed by atoms with Gasteiger partial charge in [0.1, 0.15) is 5.82 Å². The van der Waals surface area contributed by atoms with E-state index >= 15 is 0 Å². The Morgan fingerprint density at radius 3 is 2.81 bits per heavy atom. The van der Waals surface area contributed by atoms with E-state index in [1.165, 1.54) is 12.1 Å². The molecule has 0 bridgehead atoms. The van der Waals surface area contributed by atoms with Crippen molar-refractivity contribution in [3.8, 4) is 0 Å². The average molecular weight is 315 g/mol. The zero-order valence-electron chi connectivity index (χ0n) is 11.6. The minimum absolute atomic E-state index is 0.0302. The molecular weight excluding hydrogens is 297 g/mol. The first-order valence-corrected chi connectivity index (χ1v) is 8.53. The van der Waals surface area contributed by atoms with Gasteiger partial charge >= 0.3 is 0 Å². The molecule has 1 heterocycles. The fourth-order valence-corrected chi connectivity index (χ4v) is 2.74. The van der Waals surface area contributed by atoms with E-state index in [9.17, 15) is 17.6 Å². The van der Waals surface area contributed by atoms with Crippen molar-refractivity contribution in [2.24, 2.45) is 0 Å². The topological polar surface area (TPSA) is 87.3 Å². The highest BCUT2D eigenvalue weighted by Crippen LogP contribution is 2.17. The van der Waals surface area contributed by atoms with Gasteiger partial charge < -0.3 is 10.6 Å². The molecule has 116 valence electrons. The van der Waals surface area contributed by atoms with Gasteiger partial charge in [0.05, 0.1) is 11.9 Å². The number of hydrogen-bond donors (Lipinski definition) is 3. The SMILES string of the molecule is CS(=O)(=O)Nc1cc(C(=O)N[C@H]2CCCNC2)ccc1F. The summed E-state index contributed by atoms with van der Waals surface area (Å²) in [5.74, 6) is -1.07. The lowest BCUT2D eigenvalue weighted by molar-refractivity contribution is 0.0930. The smallest absolute Gasteiger partial charge is 0.251 e. The number of rotatable bonds is 4. The van der Waals surface area contributed by atoms with E-state index in [0.717, 1.165) is 31.7 Å². The summed E-state index contributed by atoms with van der Waals surface area (Å²) in [5, 5.41) is 6.02. The molecule has 1 aromatic rings. The van der Waals surface area contributed by atoms with Crippen LogP contribution in [0.3, 0.4) is 0 Å². The zero-order chi connectivity index (χ0) is 15.5. The van der Waals surface area contributed by atoms with Gasteiger partial charge in [-0.1, -0.05) is 0 Å². The minimum atomic E-state index is -3.60. The Balaban J connectivity index is 2.12. The first-order valence-electron chi connectivity index (χ1n) is 6.64. The van der Waals surface area contributed by atoms with Gasteiger partial charge in [-0.25, -0.2) is 12.8 Å². The summed E-state index contributed by atoms with van der Waals surface area (Å²) in [6.07, 6.45) is 2.79. The molecule has 2 rings (SSSR count). The van der Waals surface area contributed by atoms with Crippen LogP contribution in [0.5, 0.6) is 0 Å². The van der Waals surface area contributed by atoms with Gasteiger partial charge in [0.2, 0.25) is 10.0 Å². The second kappa shape index (κ2) is 6.40. The molecule has 1 saturated heterocycles. The van der Waals surface area contributed by atoms with Crippen molar-refractivity contribution in [1.29, 1.82) is 0 Å². The lowest BCUT2D eigenvalue weighted by atomic mass is 10.1. The van der Waals surface area contributed by atoms with Crippen molar-refractivity contribution in [1.82, 2.24) is 10.6 Å². The molecule has 1 fully saturated rings. The number of hydrogen-bond acceptors (Lipinski definition) is 4. The predicted octanol–water partition coefficient (Wildman–Crippen LogP) is 0.679. The molecule has 3 N–H and O–H groups in total. The van der Waals surface area contributed by atoms with E-state index in [1.54, 1.807) is 0 Å². The van der Waals surface area contributed by atoms with E-state index in [2.05, 4.69) is 15.4 Å². The maximum absolute atomic E-state index is 13.6. The maximum atomic E-state index is 13.6. The van der Waals surface area contributed by atoms with Crippen LogP contribution in [0.2, 0.25) is 0 Å². The van der Waals surface area contributed by atoms with Crippen LogP contribution in [0.15, 0.2) is 18.2 Å². The summed E-state index contributed by atoms with van der Waals surface area (Å²) in [7, 11) is -3.60. The van der Waals surface area contributed by atoms with Crippen LogP contribution in [0, 0.1) is 5.82 Å². The second-order valence-electron chi connectivity index (χ2n) is 5.09. The molecule has 6 nitrogen and oxygen atoms in total.